The van der Waals surface area contributed by atoms with Crippen molar-refractivity contribution in [2.24, 2.45) is 0 Å². The van der Waals surface area contributed by atoms with Crippen molar-refractivity contribution in [2.45, 2.75) is 6.92 Å². The first-order valence-electron chi connectivity index (χ1n) is 9.43. The van der Waals surface area contributed by atoms with Crippen LogP contribution in [0.4, 0.5) is 5.69 Å². The summed E-state index contributed by atoms with van der Waals surface area (Å²) in [7, 11) is 0. The van der Waals surface area contributed by atoms with E-state index in [0.717, 1.165) is 10.4 Å². The fourth-order valence-corrected chi connectivity index (χ4v) is 3.55. The van der Waals surface area contributed by atoms with Gasteiger partial charge in [0.1, 0.15) is 18.9 Å². The van der Waals surface area contributed by atoms with E-state index in [1.165, 1.54) is 11.3 Å². The third-order valence-corrected chi connectivity index (χ3v) is 5.26. The molecule has 2 N–H and O–H groups in total. The lowest BCUT2D eigenvalue weighted by molar-refractivity contribution is -0.113. The number of aryl methyl sites for hydroxylation is 1. The van der Waals surface area contributed by atoms with Gasteiger partial charge in [-0.1, -0.05) is 23.8 Å². The van der Waals surface area contributed by atoms with Crippen LogP contribution in [0.1, 0.15) is 20.8 Å². The molecule has 4 rings (SSSR count). The van der Waals surface area contributed by atoms with Gasteiger partial charge in [0.2, 0.25) is 0 Å². The first-order chi connectivity index (χ1) is 14.6. The van der Waals surface area contributed by atoms with Crippen LogP contribution in [0.5, 0.6) is 11.5 Å². The second-order valence-electron chi connectivity index (χ2n) is 6.71. The molecule has 1 aliphatic heterocycles. The average molecular weight is 420 g/mol. The van der Waals surface area contributed by atoms with E-state index < -0.39 is 5.91 Å². The van der Waals surface area contributed by atoms with Gasteiger partial charge in [-0.15, -0.1) is 11.3 Å². The molecule has 30 heavy (non-hydrogen) atoms. The average Bonchev–Trinajstić information content (AvgIpc) is 3.27. The van der Waals surface area contributed by atoms with Crippen LogP contribution in [0, 0.1) is 6.92 Å². The summed E-state index contributed by atoms with van der Waals surface area (Å²) in [6.45, 7) is 2.91. The van der Waals surface area contributed by atoms with Crippen LogP contribution in [0.3, 0.4) is 0 Å². The van der Waals surface area contributed by atoms with E-state index >= 15 is 0 Å². The van der Waals surface area contributed by atoms with Gasteiger partial charge in [-0.3, -0.25) is 9.59 Å². The highest BCUT2D eigenvalue weighted by Crippen LogP contribution is 2.32. The van der Waals surface area contributed by atoms with Gasteiger partial charge in [0.15, 0.2) is 11.5 Å². The molecule has 0 spiro atoms. The van der Waals surface area contributed by atoms with Crippen LogP contribution >= 0.6 is 11.3 Å². The number of amides is 2. The number of nitrogens with one attached hydrogen (secondary N) is 2. The summed E-state index contributed by atoms with van der Waals surface area (Å²) < 4.78 is 11.1. The van der Waals surface area contributed by atoms with Gasteiger partial charge in [0.25, 0.3) is 11.8 Å². The smallest absolute Gasteiger partial charge is 0.272 e. The van der Waals surface area contributed by atoms with E-state index in [2.05, 4.69) is 10.6 Å². The van der Waals surface area contributed by atoms with E-state index in [1.54, 1.807) is 36.4 Å². The van der Waals surface area contributed by atoms with E-state index in [1.807, 2.05) is 36.6 Å². The Morgan fingerprint density at radius 1 is 1.00 bits per heavy atom. The lowest BCUT2D eigenvalue weighted by Crippen LogP contribution is -2.30. The van der Waals surface area contributed by atoms with Crippen LogP contribution in [-0.4, -0.2) is 25.0 Å². The second kappa shape index (κ2) is 8.84. The zero-order valence-electron chi connectivity index (χ0n) is 16.3. The first-order valence-corrected chi connectivity index (χ1v) is 10.3. The van der Waals surface area contributed by atoms with Crippen molar-refractivity contribution >= 4 is 34.9 Å². The Bertz CT molecular complexity index is 1090. The number of carbonyl (C=O) groups is 2. The summed E-state index contributed by atoms with van der Waals surface area (Å²) in [6.07, 6.45) is 1.66. The summed E-state index contributed by atoms with van der Waals surface area (Å²) in [4.78, 5) is 26.5. The van der Waals surface area contributed by atoms with Gasteiger partial charge in [0.05, 0.1) is 0 Å². The molecule has 1 aliphatic rings. The van der Waals surface area contributed by atoms with Gasteiger partial charge >= 0.3 is 0 Å². The fourth-order valence-electron chi connectivity index (χ4n) is 2.89. The summed E-state index contributed by atoms with van der Waals surface area (Å²) in [5.74, 6) is 0.434. The number of ether oxygens (including phenoxy) is 2. The lowest BCUT2D eigenvalue weighted by atomic mass is 10.1. The van der Waals surface area contributed by atoms with Crippen LogP contribution in [0.25, 0.3) is 6.08 Å². The Balaban J connectivity index is 1.55. The summed E-state index contributed by atoms with van der Waals surface area (Å²) in [6, 6.07) is 16.1. The summed E-state index contributed by atoms with van der Waals surface area (Å²) in [5.41, 5.74) is 2.23. The maximum absolute atomic E-state index is 13.0. The molecule has 7 heteroatoms. The van der Waals surface area contributed by atoms with Gasteiger partial charge in [-0.2, -0.15) is 0 Å². The molecule has 152 valence electrons. The molecule has 0 saturated carbocycles. The number of hydrogen-bond donors (Lipinski definition) is 2. The highest BCUT2D eigenvalue weighted by molar-refractivity contribution is 7.10. The Morgan fingerprint density at radius 3 is 2.50 bits per heavy atom. The molecule has 0 radical (unpaired) electrons. The van der Waals surface area contributed by atoms with Crippen molar-refractivity contribution in [1.82, 2.24) is 5.32 Å². The molecule has 0 unspecified atom stereocenters. The monoisotopic (exact) mass is 420 g/mol. The fraction of sp³-hybridized carbons (Fsp3) is 0.130. The topological polar surface area (TPSA) is 76.7 Å². The zero-order chi connectivity index (χ0) is 20.9. The first kappa shape index (κ1) is 19.7. The number of fused-ring (bicyclic) bond motifs is 1. The molecule has 2 heterocycles. The second-order valence-corrected chi connectivity index (χ2v) is 7.69. The Morgan fingerprint density at radius 2 is 1.77 bits per heavy atom. The Hall–Kier alpha value is -3.58. The van der Waals surface area contributed by atoms with E-state index in [4.69, 9.17) is 9.47 Å². The molecule has 0 fully saturated rings. The SMILES string of the molecule is Cc1ccc(C(=O)N/C(=C\c2cccs2)C(=O)Nc2ccc3c(c2)OCCO3)cc1. The Kier molecular flexibility index (Phi) is 5.81. The van der Waals surface area contributed by atoms with Crippen molar-refractivity contribution < 1.29 is 19.1 Å². The molecule has 6 nitrogen and oxygen atoms in total. The molecule has 0 bridgehead atoms. The quantitative estimate of drug-likeness (QED) is 0.606. The van der Waals surface area contributed by atoms with Gasteiger partial charge < -0.3 is 20.1 Å². The molecular formula is C23H20N2O4S. The molecular weight excluding hydrogens is 400 g/mol. The van der Waals surface area contributed by atoms with Crippen molar-refractivity contribution in [1.29, 1.82) is 0 Å². The van der Waals surface area contributed by atoms with E-state index in [0.29, 0.717) is 36.0 Å². The molecule has 3 aromatic rings. The van der Waals surface area contributed by atoms with E-state index in [9.17, 15) is 9.59 Å². The molecule has 0 aliphatic carbocycles. The molecule has 0 saturated heterocycles. The minimum atomic E-state index is -0.430. The van der Waals surface area contributed by atoms with Crippen LogP contribution in [-0.2, 0) is 4.79 Å². The summed E-state index contributed by atoms with van der Waals surface area (Å²) >= 11 is 1.47. The normalized spacial score (nSPS) is 12.9. The molecule has 1 aromatic heterocycles. The maximum atomic E-state index is 13.0. The maximum Gasteiger partial charge on any atom is 0.272 e. The van der Waals surface area contributed by atoms with Crippen molar-refractivity contribution in [2.75, 3.05) is 18.5 Å². The third kappa shape index (κ3) is 4.69. The molecule has 2 amide bonds. The number of benzene rings is 2. The standard InChI is InChI=1S/C23H20N2O4S/c1-15-4-6-16(7-5-15)22(26)25-19(14-18-3-2-12-30-18)23(27)24-17-8-9-20-21(13-17)29-11-10-28-20/h2-9,12-14H,10-11H2,1H3,(H,24,27)(H,25,26)/b19-14-. The number of carbonyl (C=O) groups excluding carboxylic acids is 2. The van der Waals surface area contributed by atoms with Crippen LogP contribution in [0.2, 0.25) is 0 Å². The molecule has 2 aromatic carbocycles. The number of thiophene rings is 1. The third-order valence-electron chi connectivity index (χ3n) is 4.44. The number of hydrogen-bond acceptors (Lipinski definition) is 5. The van der Waals surface area contributed by atoms with Gasteiger partial charge in [-0.05, 0) is 48.7 Å². The van der Waals surface area contributed by atoms with Crippen LogP contribution in [0.15, 0.2) is 65.7 Å². The minimum Gasteiger partial charge on any atom is -0.486 e. The van der Waals surface area contributed by atoms with Crippen molar-refractivity contribution in [3.63, 3.8) is 0 Å². The molecule has 0 atom stereocenters. The summed E-state index contributed by atoms with van der Waals surface area (Å²) in [5, 5.41) is 7.46. The number of rotatable bonds is 5. The largest absolute Gasteiger partial charge is 0.486 e. The zero-order valence-corrected chi connectivity index (χ0v) is 17.1. The minimum absolute atomic E-state index is 0.151. The Labute approximate surface area is 178 Å². The number of anilines is 1. The van der Waals surface area contributed by atoms with Gasteiger partial charge in [-0.25, -0.2) is 0 Å². The predicted octanol–water partition coefficient (Wildman–Crippen LogP) is 4.24. The predicted molar refractivity (Wildman–Crippen MR) is 117 cm³/mol. The highest BCUT2D eigenvalue weighted by atomic mass is 32.1. The highest BCUT2D eigenvalue weighted by Gasteiger charge is 2.17. The van der Waals surface area contributed by atoms with Gasteiger partial charge in [0, 0.05) is 22.2 Å². The van der Waals surface area contributed by atoms with Crippen LogP contribution < -0.4 is 20.1 Å². The lowest BCUT2D eigenvalue weighted by Gasteiger charge is -2.19. The van der Waals surface area contributed by atoms with Crippen molar-refractivity contribution in [3.8, 4) is 11.5 Å². The van der Waals surface area contributed by atoms with Crippen molar-refractivity contribution in [3.05, 3.63) is 81.7 Å². The van der Waals surface area contributed by atoms with E-state index in [-0.39, 0.29) is 11.6 Å².